The quantitative estimate of drug-likeness (QED) is 0.830. The van der Waals surface area contributed by atoms with E-state index in [0.29, 0.717) is 12.2 Å². The van der Waals surface area contributed by atoms with Crippen molar-refractivity contribution in [3.8, 4) is 0 Å². The zero-order valence-electron chi connectivity index (χ0n) is 10.6. The molecule has 1 N–H and O–H groups in total. The molecule has 0 fully saturated rings. The van der Waals surface area contributed by atoms with E-state index < -0.39 is 6.10 Å². The fourth-order valence-corrected chi connectivity index (χ4v) is 1.80. The Hall–Kier alpha value is -1.13. The maximum atomic E-state index is 13.2. The van der Waals surface area contributed by atoms with Crippen molar-refractivity contribution in [1.82, 2.24) is 0 Å². The number of halogens is 1. The van der Waals surface area contributed by atoms with E-state index in [9.17, 15) is 9.50 Å². The molecule has 1 atom stereocenters. The molecular weight excluding hydrogens is 221 g/mol. The molecule has 0 aliphatic carbocycles. The van der Waals surface area contributed by atoms with Crippen LogP contribution in [-0.2, 0) is 4.74 Å². The zero-order chi connectivity index (χ0) is 12.8. The third-order valence-corrected chi connectivity index (χ3v) is 2.73. The van der Waals surface area contributed by atoms with Crippen molar-refractivity contribution >= 4 is 5.69 Å². The van der Waals surface area contributed by atoms with Crippen molar-refractivity contribution in [1.29, 1.82) is 0 Å². The number of hydrogen-bond donors (Lipinski definition) is 1. The fourth-order valence-electron chi connectivity index (χ4n) is 1.80. The second-order valence-electron chi connectivity index (χ2n) is 3.95. The van der Waals surface area contributed by atoms with Gasteiger partial charge in [-0.2, -0.15) is 0 Å². The van der Waals surface area contributed by atoms with E-state index in [1.807, 2.05) is 6.92 Å². The van der Waals surface area contributed by atoms with E-state index in [2.05, 4.69) is 4.90 Å². The van der Waals surface area contributed by atoms with Crippen LogP contribution in [0.2, 0.25) is 0 Å². The standard InChI is InChI=1S/C13H20FNO2/c1-4-15(7-8-17-3)13-6-5-11(14)9-12(13)10(2)16/h5-6,9-10,16H,4,7-8H2,1-3H3/t10-/m0/s1. The van der Waals surface area contributed by atoms with Gasteiger partial charge < -0.3 is 14.7 Å². The highest BCUT2D eigenvalue weighted by atomic mass is 19.1. The molecule has 1 aromatic carbocycles. The number of nitrogens with zero attached hydrogens (tertiary/aromatic N) is 1. The molecule has 17 heavy (non-hydrogen) atoms. The Bertz CT molecular complexity index is 355. The molecule has 0 spiro atoms. The van der Waals surface area contributed by atoms with Crippen LogP contribution < -0.4 is 4.90 Å². The number of aliphatic hydroxyl groups excluding tert-OH is 1. The Morgan fingerprint density at radius 3 is 2.71 bits per heavy atom. The maximum Gasteiger partial charge on any atom is 0.123 e. The smallest absolute Gasteiger partial charge is 0.123 e. The summed E-state index contributed by atoms with van der Waals surface area (Å²) in [5.74, 6) is -0.326. The van der Waals surface area contributed by atoms with Crippen LogP contribution in [0.4, 0.5) is 10.1 Å². The molecule has 3 nitrogen and oxygen atoms in total. The molecule has 4 heteroatoms. The largest absolute Gasteiger partial charge is 0.389 e. The Morgan fingerprint density at radius 1 is 1.47 bits per heavy atom. The third kappa shape index (κ3) is 3.68. The molecule has 0 bridgehead atoms. The SMILES string of the molecule is CCN(CCOC)c1ccc(F)cc1[C@H](C)O. The first-order valence-electron chi connectivity index (χ1n) is 5.81. The average molecular weight is 241 g/mol. The second-order valence-corrected chi connectivity index (χ2v) is 3.95. The second kappa shape index (κ2) is 6.57. The molecule has 1 aromatic rings. The summed E-state index contributed by atoms with van der Waals surface area (Å²) in [6.45, 7) is 5.77. The topological polar surface area (TPSA) is 32.7 Å². The van der Waals surface area contributed by atoms with Gasteiger partial charge in [-0.3, -0.25) is 0 Å². The van der Waals surface area contributed by atoms with Crippen molar-refractivity contribution < 1.29 is 14.2 Å². The molecule has 0 saturated heterocycles. The van der Waals surface area contributed by atoms with E-state index in [0.717, 1.165) is 18.8 Å². The van der Waals surface area contributed by atoms with Crippen LogP contribution in [-0.4, -0.2) is 31.9 Å². The summed E-state index contributed by atoms with van der Waals surface area (Å²) in [6, 6.07) is 4.50. The first kappa shape index (κ1) is 13.9. The van der Waals surface area contributed by atoms with Crippen molar-refractivity contribution in [3.63, 3.8) is 0 Å². The lowest BCUT2D eigenvalue weighted by Gasteiger charge is -2.26. The predicted molar refractivity (Wildman–Crippen MR) is 66.8 cm³/mol. The minimum absolute atomic E-state index is 0.326. The van der Waals surface area contributed by atoms with Gasteiger partial charge in [0.15, 0.2) is 0 Å². The number of hydrogen-bond acceptors (Lipinski definition) is 3. The van der Waals surface area contributed by atoms with Gasteiger partial charge in [-0.05, 0) is 32.0 Å². The summed E-state index contributed by atoms with van der Waals surface area (Å²) in [6.07, 6.45) is -0.683. The summed E-state index contributed by atoms with van der Waals surface area (Å²) in [7, 11) is 1.65. The number of methoxy groups -OCH3 is 1. The fraction of sp³-hybridized carbons (Fsp3) is 0.538. The first-order chi connectivity index (χ1) is 8.10. The summed E-state index contributed by atoms with van der Waals surface area (Å²) in [5.41, 5.74) is 1.48. The first-order valence-corrected chi connectivity index (χ1v) is 5.81. The van der Waals surface area contributed by atoms with Crippen LogP contribution in [0.25, 0.3) is 0 Å². The van der Waals surface area contributed by atoms with E-state index in [1.165, 1.54) is 12.1 Å². The van der Waals surface area contributed by atoms with E-state index in [4.69, 9.17) is 4.74 Å². The normalized spacial score (nSPS) is 12.5. The van der Waals surface area contributed by atoms with Gasteiger partial charge in [0.2, 0.25) is 0 Å². The van der Waals surface area contributed by atoms with Crippen molar-refractivity contribution in [2.24, 2.45) is 0 Å². The van der Waals surface area contributed by atoms with Crippen LogP contribution in [0.1, 0.15) is 25.5 Å². The molecule has 0 aliphatic rings. The number of rotatable bonds is 6. The van der Waals surface area contributed by atoms with Gasteiger partial charge in [0.25, 0.3) is 0 Å². The number of likely N-dealkylation sites (N-methyl/N-ethyl adjacent to an activating group) is 1. The lowest BCUT2D eigenvalue weighted by Crippen LogP contribution is -2.28. The molecule has 0 aromatic heterocycles. The van der Waals surface area contributed by atoms with Gasteiger partial charge in [0.05, 0.1) is 12.7 Å². The van der Waals surface area contributed by atoms with Crippen LogP contribution in [0, 0.1) is 5.82 Å². The van der Waals surface area contributed by atoms with Crippen LogP contribution >= 0.6 is 0 Å². The van der Waals surface area contributed by atoms with Gasteiger partial charge in [-0.25, -0.2) is 4.39 Å². The highest BCUT2D eigenvalue weighted by molar-refractivity contribution is 5.54. The van der Waals surface area contributed by atoms with Crippen molar-refractivity contribution in [2.75, 3.05) is 31.7 Å². The maximum absolute atomic E-state index is 13.2. The Kier molecular flexibility index (Phi) is 5.38. The predicted octanol–water partition coefficient (Wildman–Crippen LogP) is 2.35. The van der Waals surface area contributed by atoms with E-state index >= 15 is 0 Å². The lowest BCUT2D eigenvalue weighted by atomic mass is 10.1. The van der Waals surface area contributed by atoms with E-state index in [-0.39, 0.29) is 5.82 Å². The highest BCUT2D eigenvalue weighted by Gasteiger charge is 2.14. The van der Waals surface area contributed by atoms with Crippen LogP contribution in [0.5, 0.6) is 0 Å². The summed E-state index contributed by atoms with van der Waals surface area (Å²) < 4.78 is 18.2. The molecule has 0 aliphatic heterocycles. The molecule has 96 valence electrons. The summed E-state index contributed by atoms with van der Waals surface area (Å²) in [4.78, 5) is 2.06. The van der Waals surface area contributed by atoms with Crippen molar-refractivity contribution in [3.05, 3.63) is 29.6 Å². The Morgan fingerprint density at radius 2 is 2.18 bits per heavy atom. The zero-order valence-corrected chi connectivity index (χ0v) is 10.6. The van der Waals surface area contributed by atoms with Gasteiger partial charge in [-0.15, -0.1) is 0 Å². The van der Waals surface area contributed by atoms with Gasteiger partial charge in [-0.1, -0.05) is 0 Å². The molecule has 0 saturated carbocycles. The molecule has 0 amide bonds. The van der Waals surface area contributed by atoms with Crippen LogP contribution in [0.15, 0.2) is 18.2 Å². The minimum atomic E-state index is -0.683. The Balaban J connectivity index is 3.00. The molecule has 0 unspecified atom stereocenters. The molecule has 0 radical (unpaired) electrons. The summed E-state index contributed by atoms with van der Waals surface area (Å²) in [5, 5.41) is 9.67. The molecule has 0 heterocycles. The van der Waals surface area contributed by atoms with Crippen molar-refractivity contribution in [2.45, 2.75) is 20.0 Å². The third-order valence-electron chi connectivity index (χ3n) is 2.73. The lowest BCUT2D eigenvalue weighted by molar-refractivity contribution is 0.197. The van der Waals surface area contributed by atoms with Gasteiger partial charge in [0.1, 0.15) is 5.82 Å². The number of benzene rings is 1. The van der Waals surface area contributed by atoms with Gasteiger partial charge in [0, 0.05) is 31.5 Å². The minimum Gasteiger partial charge on any atom is -0.389 e. The Labute approximate surface area is 102 Å². The summed E-state index contributed by atoms with van der Waals surface area (Å²) >= 11 is 0. The van der Waals surface area contributed by atoms with Gasteiger partial charge >= 0.3 is 0 Å². The number of ether oxygens (including phenoxy) is 1. The number of anilines is 1. The van der Waals surface area contributed by atoms with Crippen LogP contribution in [0.3, 0.4) is 0 Å². The number of aliphatic hydroxyl groups is 1. The average Bonchev–Trinajstić information content (AvgIpc) is 2.31. The molecular formula is C13H20FNO2. The highest BCUT2D eigenvalue weighted by Crippen LogP contribution is 2.27. The molecule has 1 rings (SSSR count). The monoisotopic (exact) mass is 241 g/mol. The van der Waals surface area contributed by atoms with E-state index in [1.54, 1.807) is 20.1 Å².